The summed E-state index contributed by atoms with van der Waals surface area (Å²) in [5.41, 5.74) is 0. The molecule has 0 aromatic rings. The summed E-state index contributed by atoms with van der Waals surface area (Å²) in [7, 11) is 1.64. The van der Waals surface area contributed by atoms with Gasteiger partial charge in [0.05, 0.1) is 18.8 Å². The Morgan fingerprint density at radius 1 is 0.708 bits per heavy atom. The van der Waals surface area contributed by atoms with Crippen molar-refractivity contribution in [1.29, 1.82) is 0 Å². The molecule has 0 spiro atoms. The van der Waals surface area contributed by atoms with Crippen molar-refractivity contribution < 1.29 is 20.1 Å². The van der Waals surface area contributed by atoms with Crippen LogP contribution in [0.25, 0.3) is 0 Å². The first-order valence-corrected chi connectivity index (χ1v) is 10.2. The Hall–Kier alpha value is -0.160. The Kier molecular flexibility index (Phi) is 17.5. The first-order chi connectivity index (χ1) is 11.7. The highest BCUT2D eigenvalue weighted by Crippen LogP contribution is 2.16. The number of hydrogen-bond donors (Lipinski definition) is 3. The van der Waals surface area contributed by atoms with Crippen molar-refractivity contribution in [3.63, 3.8) is 0 Å². The average molecular weight is 347 g/mol. The molecule has 0 radical (unpaired) electrons. The van der Waals surface area contributed by atoms with Crippen molar-refractivity contribution in [2.75, 3.05) is 13.7 Å². The van der Waals surface area contributed by atoms with Crippen LogP contribution in [0.5, 0.6) is 0 Å². The molecule has 0 aliphatic carbocycles. The Bertz CT molecular complexity index is 248. The van der Waals surface area contributed by atoms with E-state index in [1.807, 2.05) is 0 Å². The minimum absolute atomic E-state index is 0.0377. The molecule has 0 heterocycles. The predicted molar refractivity (Wildman–Crippen MR) is 100 cm³/mol. The van der Waals surface area contributed by atoms with E-state index in [4.69, 9.17) is 9.84 Å². The molecule has 146 valence electrons. The Morgan fingerprint density at radius 3 is 1.58 bits per heavy atom. The summed E-state index contributed by atoms with van der Waals surface area (Å²) in [6.45, 7) is 1.85. The Labute approximate surface area is 149 Å². The lowest BCUT2D eigenvalue weighted by atomic mass is 10.0. The second-order valence-corrected chi connectivity index (χ2v) is 7.09. The molecule has 0 aliphatic rings. The highest BCUT2D eigenvalue weighted by atomic mass is 16.5. The third-order valence-corrected chi connectivity index (χ3v) is 4.85. The fourth-order valence-electron chi connectivity index (χ4n) is 3.09. The number of unbranched alkanes of at least 4 members (excludes halogenated alkanes) is 11. The van der Waals surface area contributed by atoms with Gasteiger partial charge in [0, 0.05) is 13.5 Å². The Balaban J connectivity index is 3.41. The average Bonchev–Trinajstić information content (AvgIpc) is 2.60. The molecule has 3 N–H and O–H groups in total. The van der Waals surface area contributed by atoms with Crippen LogP contribution in [0.2, 0.25) is 0 Å². The number of aliphatic hydroxyl groups excluding tert-OH is 3. The number of hydrogen-bond acceptors (Lipinski definition) is 4. The number of ether oxygens (including phenoxy) is 1. The van der Waals surface area contributed by atoms with E-state index in [1.54, 1.807) is 7.11 Å². The molecule has 3 unspecified atom stereocenters. The summed E-state index contributed by atoms with van der Waals surface area (Å²) in [5, 5.41) is 27.9. The minimum Gasteiger partial charge on any atom is -0.394 e. The zero-order valence-corrected chi connectivity index (χ0v) is 16.1. The van der Waals surface area contributed by atoms with E-state index in [9.17, 15) is 10.2 Å². The Morgan fingerprint density at radius 2 is 1.17 bits per heavy atom. The van der Waals surface area contributed by atoms with Crippen LogP contribution in [0.3, 0.4) is 0 Å². The maximum absolute atomic E-state index is 9.72. The molecule has 4 nitrogen and oxygen atoms in total. The van der Waals surface area contributed by atoms with Gasteiger partial charge in [-0.1, -0.05) is 84.0 Å². The highest BCUT2D eigenvalue weighted by Gasteiger charge is 2.20. The molecule has 0 fully saturated rings. The topological polar surface area (TPSA) is 69.9 Å². The van der Waals surface area contributed by atoms with Gasteiger partial charge in [-0.2, -0.15) is 0 Å². The largest absolute Gasteiger partial charge is 0.394 e. The van der Waals surface area contributed by atoms with E-state index < -0.39 is 18.8 Å². The second-order valence-electron chi connectivity index (χ2n) is 7.09. The molecule has 0 bridgehead atoms. The summed E-state index contributed by atoms with van der Waals surface area (Å²) >= 11 is 0. The molecule has 0 aromatic heterocycles. The van der Waals surface area contributed by atoms with Crippen molar-refractivity contribution in [2.45, 2.75) is 115 Å². The summed E-state index contributed by atoms with van der Waals surface area (Å²) in [6, 6.07) is 0. The zero-order chi connectivity index (χ0) is 18.0. The van der Waals surface area contributed by atoms with Crippen molar-refractivity contribution in [1.82, 2.24) is 0 Å². The van der Waals surface area contributed by atoms with E-state index in [1.165, 1.54) is 70.6 Å². The quantitative estimate of drug-likeness (QED) is 0.325. The van der Waals surface area contributed by atoms with Gasteiger partial charge in [-0.05, 0) is 6.42 Å². The van der Waals surface area contributed by atoms with Crippen LogP contribution in [0, 0.1) is 0 Å². The molecular formula is C20H42O4. The van der Waals surface area contributed by atoms with Crippen LogP contribution in [-0.2, 0) is 4.74 Å². The van der Waals surface area contributed by atoms with Crippen LogP contribution in [0.15, 0.2) is 0 Å². The van der Waals surface area contributed by atoms with Gasteiger partial charge in [-0.3, -0.25) is 0 Å². The molecule has 0 saturated heterocycles. The molecule has 4 heteroatoms. The van der Waals surface area contributed by atoms with E-state index in [2.05, 4.69) is 6.92 Å². The smallest absolute Gasteiger partial charge is 0.103 e. The number of aliphatic hydroxyl groups is 3. The van der Waals surface area contributed by atoms with E-state index in [-0.39, 0.29) is 6.10 Å². The van der Waals surface area contributed by atoms with Gasteiger partial charge >= 0.3 is 0 Å². The van der Waals surface area contributed by atoms with Crippen LogP contribution >= 0.6 is 0 Å². The molecule has 24 heavy (non-hydrogen) atoms. The molecule has 0 aromatic carbocycles. The summed E-state index contributed by atoms with van der Waals surface area (Å²) < 4.78 is 5.36. The second kappa shape index (κ2) is 17.7. The highest BCUT2D eigenvalue weighted by molar-refractivity contribution is 4.71. The fourth-order valence-corrected chi connectivity index (χ4v) is 3.09. The van der Waals surface area contributed by atoms with Crippen LogP contribution in [0.4, 0.5) is 0 Å². The van der Waals surface area contributed by atoms with Crippen molar-refractivity contribution in [3.05, 3.63) is 0 Å². The first kappa shape index (κ1) is 23.8. The zero-order valence-electron chi connectivity index (χ0n) is 16.1. The lowest BCUT2D eigenvalue weighted by molar-refractivity contribution is -0.0448. The van der Waals surface area contributed by atoms with E-state index in [0.717, 1.165) is 12.8 Å². The molecule has 3 atom stereocenters. The van der Waals surface area contributed by atoms with Crippen LogP contribution in [-0.4, -0.2) is 47.3 Å². The maximum Gasteiger partial charge on any atom is 0.103 e. The summed E-state index contributed by atoms with van der Waals surface area (Å²) in [6.07, 6.45) is 15.2. The van der Waals surface area contributed by atoms with Crippen molar-refractivity contribution in [2.24, 2.45) is 0 Å². The molecule has 0 aliphatic heterocycles. The van der Waals surface area contributed by atoms with Crippen molar-refractivity contribution >= 4 is 0 Å². The molecule has 0 rings (SSSR count). The van der Waals surface area contributed by atoms with E-state index in [0.29, 0.717) is 6.42 Å². The van der Waals surface area contributed by atoms with Crippen LogP contribution < -0.4 is 0 Å². The van der Waals surface area contributed by atoms with Crippen LogP contribution in [0.1, 0.15) is 96.8 Å². The van der Waals surface area contributed by atoms with Gasteiger partial charge in [-0.25, -0.2) is 0 Å². The van der Waals surface area contributed by atoms with Gasteiger partial charge < -0.3 is 20.1 Å². The maximum atomic E-state index is 9.72. The lowest BCUT2D eigenvalue weighted by Crippen LogP contribution is -2.33. The standard InChI is InChI=1S/C20H42O4/c1-3-4-5-6-7-8-9-10-11-12-13-14-15-18(24-2)16-19(22)20(23)17-21/h18-23H,3-17H2,1-2H3. The number of methoxy groups -OCH3 is 1. The minimum atomic E-state index is -1.07. The fraction of sp³-hybridized carbons (Fsp3) is 1.00. The molecule has 0 saturated carbocycles. The first-order valence-electron chi connectivity index (χ1n) is 10.2. The van der Waals surface area contributed by atoms with Gasteiger partial charge in [-0.15, -0.1) is 0 Å². The third-order valence-electron chi connectivity index (χ3n) is 4.85. The van der Waals surface area contributed by atoms with Gasteiger partial charge in [0.15, 0.2) is 0 Å². The lowest BCUT2D eigenvalue weighted by Gasteiger charge is -2.21. The van der Waals surface area contributed by atoms with Crippen molar-refractivity contribution in [3.8, 4) is 0 Å². The molecular weight excluding hydrogens is 304 g/mol. The van der Waals surface area contributed by atoms with E-state index >= 15 is 0 Å². The monoisotopic (exact) mass is 346 g/mol. The van der Waals surface area contributed by atoms with Gasteiger partial charge in [0.25, 0.3) is 0 Å². The SMILES string of the molecule is CCCCCCCCCCCCCCC(CC(O)C(O)CO)OC. The summed E-state index contributed by atoms with van der Waals surface area (Å²) in [4.78, 5) is 0. The van der Waals surface area contributed by atoms with Gasteiger partial charge in [0.1, 0.15) is 6.10 Å². The third kappa shape index (κ3) is 14.2. The summed E-state index contributed by atoms with van der Waals surface area (Å²) in [5.74, 6) is 0. The predicted octanol–water partition coefficient (Wildman–Crippen LogP) is 4.20. The molecule has 0 amide bonds. The number of rotatable bonds is 18. The van der Waals surface area contributed by atoms with Gasteiger partial charge in [0.2, 0.25) is 0 Å². The normalized spacial score (nSPS) is 15.4.